The predicted molar refractivity (Wildman–Crippen MR) is 138 cm³/mol. The van der Waals surface area contributed by atoms with Crippen molar-refractivity contribution < 1.29 is 19.1 Å². The molecule has 2 amide bonds. The quantitative estimate of drug-likeness (QED) is 0.530. The molecule has 1 fully saturated rings. The molecule has 0 spiro atoms. The number of carbonyl (C=O) groups excluding carboxylic acids is 2. The fourth-order valence-electron chi connectivity index (χ4n) is 4.08. The number of aryl methyl sites for hydroxylation is 1. The molecule has 1 aliphatic heterocycles. The first-order valence-electron chi connectivity index (χ1n) is 11.3. The third-order valence-corrected chi connectivity index (χ3v) is 6.34. The van der Waals surface area contributed by atoms with Crippen molar-refractivity contribution in [3.63, 3.8) is 0 Å². The van der Waals surface area contributed by atoms with Crippen LogP contribution in [0.15, 0.2) is 60.7 Å². The van der Waals surface area contributed by atoms with Crippen molar-refractivity contribution in [3.8, 4) is 11.5 Å². The molecule has 0 aromatic heterocycles. The molecule has 182 valence electrons. The predicted octanol–water partition coefficient (Wildman–Crippen LogP) is 4.88. The summed E-state index contributed by atoms with van der Waals surface area (Å²) < 4.78 is 10.6. The average molecular weight is 494 g/mol. The van der Waals surface area contributed by atoms with Crippen molar-refractivity contribution in [1.29, 1.82) is 0 Å². The number of amides is 2. The van der Waals surface area contributed by atoms with Gasteiger partial charge in [-0.25, -0.2) is 0 Å². The Morgan fingerprint density at radius 1 is 0.857 bits per heavy atom. The molecule has 0 aliphatic carbocycles. The van der Waals surface area contributed by atoms with E-state index in [1.165, 1.54) is 14.2 Å². The van der Waals surface area contributed by atoms with Gasteiger partial charge in [-0.15, -0.1) is 0 Å². The monoisotopic (exact) mass is 493 g/mol. The van der Waals surface area contributed by atoms with Gasteiger partial charge in [0.15, 0.2) is 0 Å². The van der Waals surface area contributed by atoms with E-state index < -0.39 is 0 Å². The highest BCUT2D eigenvalue weighted by atomic mass is 35.5. The van der Waals surface area contributed by atoms with Gasteiger partial charge < -0.3 is 24.6 Å². The van der Waals surface area contributed by atoms with Crippen LogP contribution in [0.5, 0.6) is 11.5 Å². The zero-order chi connectivity index (χ0) is 24.9. The molecule has 1 N–H and O–H groups in total. The van der Waals surface area contributed by atoms with Gasteiger partial charge in [-0.05, 0) is 43.3 Å². The number of hydrogen-bond acceptors (Lipinski definition) is 5. The zero-order valence-electron chi connectivity index (χ0n) is 20.0. The lowest BCUT2D eigenvalue weighted by Gasteiger charge is -2.37. The molecule has 3 aromatic carbocycles. The Hall–Kier alpha value is -3.71. The molecule has 3 aromatic rings. The lowest BCUT2D eigenvalue weighted by atomic mass is 10.1. The van der Waals surface area contributed by atoms with Crippen molar-refractivity contribution in [2.24, 2.45) is 0 Å². The number of nitrogens with one attached hydrogen (secondary N) is 1. The molecule has 4 rings (SSSR count). The Labute approximate surface area is 210 Å². The van der Waals surface area contributed by atoms with Crippen LogP contribution in [0.25, 0.3) is 0 Å². The highest BCUT2D eigenvalue weighted by Crippen LogP contribution is 2.35. The molecule has 1 saturated heterocycles. The Balaban J connectivity index is 1.50. The fourth-order valence-corrected chi connectivity index (χ4v) is 4.38. The summed E-state index contributed by atoms with van der Waals surface area (Å²) >= 11 is 6.58. The van der Waals surface area contributed by atoms with E-state index in [4.69, 9.17) is 21.1 Å². The van der Waals surface area contributed by atoms with Gasteiger partial charge in [0.25, 0.3) is 11.8 Å². The van der Waals surface area contributed by atoms with Gasteiger partial charge in [-0.1, -0.05) is 35.4 Å². The average Bonchev–Trinajstić information content (AvgIpc) is 2.88. The minimum absolute atomic E-state index is 0.0179. The number of ether oxygens (including phenoxy) is 2. The van der Waals surface area contributed by atoms with Crippen LogP contribution in [-0.4, -0.2) is 57.1 Å². The summed E-state index contributed by atoms with van der Waals surface area (Å²) in [5.41, 5.74) is 3.54. The van der Waals surface area contributed by atoms with Gasteiger partial charge in [0, 0.05) is 43.4 Å². The SMILES string of the molecule is COc1cc(OC)cc(C(=O)Nc2cccc(Cl)c2N2CCN(C(=O)c3ccc(C)cc3)CC2)c1. The highest BCUT2D eigenvalue weighted by molar-refractivity contribution is 6.34. The molecule has 0 atom stereocenters. The van der Waals surface area contributed by atoms with E-state index in [1.54, 1.807) is 30.3 Å². The molecule has 0 unspecified atom stereocenters. The van der Waals surface area contributed by atoms with Crippen molar-refractivity contribution in [3.05, 3.63) is 82.4 Å². The standard InChI is InChI=1S/C27H28ClN3O4/c1-18-7-9-19(10-8-18)27(33)31-13-11-30(12-14-31)25-23(28)5-4-6-24(25)29-26(32)20-15-21(34-2)17-22(16-20)35-3/h4-10,15-17H,11-14H2,1-3H3,(H,29,32). The summed E-state index contributed by atoms with van der Waals surface area (Å²) in [7, 11) is 3.07. The van der Waals surface area contributed by atoms with Gasteiger partial charge in [0.05, 0.1) is 30.6 Å². The normalized spacial score (nSPS) is 13.4. The molecule has 7 nitrogen and oxygen atoms in total. The highest BCUT2D eigenvalue weighted by Gasteiger charge is 2.25. The van der Waals surface area contributed by atoms with Crippen molar-refractivity contribution in [1.82, 2.24) is 4.90 Å². The first kappa shape index (κ1) is 24.4. The second kappa shape index (κ2) is 10.7. The molecular weight excluding hydrogens is 466 g/mol. The van der Waals surface area contributed by atoms with Crippen LogP contribution in [0.3, 0.4) is 0 Å². The van der Waals surface area contributed by atoms with Crippen molar-refractivity contribution in [2.75, 3.05) is 50.6 Å². The summed E-state index contributed by atoms with van der Waals surface area (Å²) in [6.07, 6.45) is 0. The van der Waals surface area contributed by atoms with Crippen molar-refractivity contribution in [2.45, 2.75) is 6.92 Å². The fraction of sp³-hybridized carbons (Fsp3) is 0.259. The summed E-state index contributed by atoms with van der Waals surface area (Å²) in [5.74, 6) is 0.758. The smallest absolute Gasteiger partial charge is 0.255 e. The number of rotatable bonds is 6. The number of carbonyl (C=O) groups is 2. The minimum atomic E-state index is -0.307. The Morgan fingerprint density at radius 2 is 1.49 bits per heavy atom. The summed E-state index contributed by atoms with van der Waals surface area (Å²) in [6.45, 7) is 4.29. The van der Waals surface area contributed by atoms with Crippen LogP contribution >= 0.6 is 11.6 Å². The second-order valence-electron chi connectivity index (χ2n) is 8.34. The number of para-hydroxylation sites is 1. The topological polar surface area (TPSA) is 71.1 Å². The molecule has 1 aliphatic rings. The van der Waals surface area contributed by atoms with E-state index in [9.17, 15) is 9.59 Å². The number of methoxy groups -OCH3 is 2. The first-order valence-corrected chi connectivity index (χ1v) is 11.7. The van der Waals surface area contributed by atoms with E-state index in [2.05, 4.69) is 10.2 Å². The van der Waals surface area contributed by atoms with Crippen LogP contribution in [0.1, 0.15) is 26.3 Å². The van der Waals surface area contributed by atoms with Gasteiger partial charge in [-0.3, -0.25) is 9.59 Å². The van der Waals surface area contributed by atoms with Crippen LogP contribution in [0.2, 0.25) is 5.02 Å². The van der Waals surface area contributed by atoms with Gasteiger partial charge in [-0.2, -0.15) is 0 Å². The van der Waals surface area contributed by atoms with E-state index in [0.29, 0.717) is 59.5 Å². The van der Waals surface area contributed by atoms with E-state index >= 15 is 0 Å². The van der Waals surface area contributed by atoms with Crippen LogP contribution in [0.4, 0.5) is 11.4 Å². The number of piperazine rings is 1. The Bertz CT molecular complexity index is 1200. The summed E-state index contributed by atoms with van der Waals surface area (Å²) in [5, 5.41) is 3.51. The molecule has 0 bridgehead atoms. The molecule has 0 radical (unpaired) electrons. The lowest BCUT2D eigenvalue weighted by molar-refractivity contribution is 0.0746. The number of nitrogens with zero attached hydrogens (tertiary/aromatic N) is 2. The maximum Gasteiger partial charge on any atom is 0.255 e. The molecular formula is C27H28ClN3O4. The number of anilines is 2. The maximum atomic E-state index is 13.1. The minimum Gasteiger partial charge on any atom is -0.497 e. The van der Waals surface area contributed by atoms with Crippen LogP contribution in [-0.2, 0) is 0 Å². The number of hydrogen-bond donors (Lipinski definition) is 1. The summed E-state index contributed by atoms with van der Waals surface area (Å²) in [6, 6.07) is 18.0. The van der Waals surface area contributed by atoms with E-state index in [-0.39, 0.29) is 11.8 Å². The van der Waals surface area contributed by atoms with Crippen LogP contribution in [0, 0.1) is 6.92 Å². The third-order valence-electron chi connectivity index (χ3n) is 6.03. The largest absolute Gasteiger partial charge is 0.497 e. The third kappa shape index (κ3) is 5.52. The van der Waals surface area contributed by atoms with Gasteiger partial charge >= 0.3 is 0 Å². The molecule has 1 heterocycles. The maximum absolute atomic E-state index is 13.1. The second-order valence-corrected chi connectivity index (χ2v) is 8.74. The number of halogens is 1. The van der Waals surface area contributed by atoms with Gasteiger partial charge in [0.1, 0.15) is 11.5 Å². The van der Waals surface area contributed by atoms with Crippen LogP contribution < -0.4 is 19.7 Å². The van der Waals surface area contributed by atoms with Crippen molar-refractivity contribution >= 4 is 34.8 Å². The molecule has 8 heteroatoms. The molecule has 0 saturated carbocycles. The van der Waals surface area contributed by atoms with E-state index in [1.807, 2.05) is 42.2 Å². The summed E-state index contributed by atoms with van der Waals surface area (Å²) in [4.78, 5) is 29.9. The van der Waals surface area contributed by atoms with E-state index in [0.717, 1.165) is 11.3 Å². The molecule has 35 heavy (non-hydrogen) atoms. The zero-order valence-corrected chi connectivity index (χ0v) is 20.8. The lowest BCUT2D eigenvalue weighted by Crippen LogP contribution is -2.49. The Morgan fingerprint density at radius 3 is 2.09 bits per heavy atom. The first-order chi connectivity index (χ1) is 16.9. The van der Waals surface area contributed by atoms with Gasteiger partial charge in [0.2, 0.25) is 0 Å². The number of benzene rings is 3. The Kier molecular flexibility index (Phi) is 7.46.